The average Bonchev–Trinajstić information content (AvgIpc) is 2.77. The molecule has 0 aliphatic rings. The second kappa shape index (κ2) is 8.47. The van der Waals surface area contributed by atoms with Crippen LogP contribution >= 0.6 is 11.6 Å². The molecule has 0 spiro atoms. The van der Waals surface area contributed by atoms with E-state index in [9.17, 15) is 23.2 Å². The molecule has 1 amide bonds. The second-order valence-corrected chi connectivity index (χ2v) is 7.45. The first-order chi connectivity index (χ1) is 15.6. The van der Waals surface area contributed by atoms with E-state index in [1.54, 1.807) is 25.2 Å². The fraction of sp³-hybridized carbons (Fsp3) is 0.0909. The molecule has 0 fully saturated rings. The van der Waals surface area contributed by atoms with E-state index in [-0.39, 0.29) is 16.9 Å². The standard InChI is InChI=1S/C22H15ClF2N4O4/c1-28-12-26-18-10-15(5-8-17(18)21(28)32)29-11-13(2-9-19(29)30)20(31)27-14-3-6-16(7-4-14)33-22(23,24)25/h2-12H,1H3,(H,27,31). The van der Waals surface area contributed by atoms with Gasteiger partial charge in [0, 0.05) is 36.6 Å². The van der Waals surface area contributed by atoms with Crippen LogP contribution in [0.1, 0.15) is 10.4 Å². The quantitative estimate of drug-likeness (QED) is 0.448. The fourth-order valence-electron chi connectivity index (χ4n) is 3.12. The monoisotopic (exact) mass is 472 g/mol. The Hall–Kier alpha value is -4.05. The number of hydrogen-bond donors (Lipinski definition) is 1. The summed E-state index contributed by atoms with van der Waals surface area (Å²) in [5.41, 5.74) is -3.15. The molecule has 0 unspecified atom stereocenters. The Bertz CT molecular complexity index is 1480. The van der Waals surface area contributed by atoms with E-state index < -0.39 is 17.0 Å². The average molecular weight is 473 g/mol. The van der Waals surface area contributed by atoms with Crippen molar-refractivity contribution in [3.63, 3.8) is 0 Å². The zero-order valence-electron chi connectivity index (χ0n) is 17.0. The Balaban J connectivity index is 1.60. The van der Waals surface area contributed by atoms with Crippen molar-refractivity contribution in [1.29, 1.82) is 0 Å². The number of aryl methyl sites for hydroxylation is 1. The van der Waals surface area contributed by atoms with Crippen LogP contribution in [0.25, 0.3) is 16.6 Å². The number of pyridine rings is 1. The van der Waals surface area contributed by atoms with Crippen molar-refractivity contribution in [2.75, 3.05) is 5.32 Å². The number of halogens is 3. The summed E-state index contributed by atoms with van der Waals surface area (Å²) in [6, 6.07) is 12.5. The number of carbonyl (C=O) groups is 1. The van der Waals surface area contributed by atoms with E-state index in [1.807, 2.05) is 0 Å². The lowest BCUT2D eigenvalue weighted by atomic mass is 10.2. The molecule has 0 atom stereocenters. The van der Waals surface area contributed by atoms with Crippen LogP contribution < -0.4 is 21.2 Å². The first-order valence-corrected chi connectivity index (χ1v) is 9.84. The molecule has 0 radical (unpaired) electrons. The van der Waals surface area contributed by atoms with Crippen molar-refractivity contribution in [1.82, 2.24) is 14.1 Å². The van der Waals surface area contributed by atoms with Crippen LogP contribution in [0.15, 0.2) is 76.7 Å². The van der Waals surface area contributed by atoms with Gasteiger partial charge in [-0.05, 0) is 48.5 Å². The SMILES string of the molecule is Cn1cnc2cc(-n3cc(C(=O)Nc4ccc(OC(F)(F)Cl)cc4)ccc3=O)ccc2c1=O. The third kappa shape index (κ3) is 4.90. The predicted molar refractivity (Wildman–Crippen MR) is 118 cm³/mol. The number of anilines is 1. The van der Waals surface area contributed by atoms with Gasteiger partial charge in [-0.15, -0.1) is 8.78 Å². The highest BCUT2D eigenvalue weighted by molar-refractivity contribution is 6.20. The van der Waals surface area contributed by atoms with Crippen molar-refractivity contribution in [2.45, 2.75) is 5.57 Å². The minimum atomic E-state index is -3.84. The fourth-order valence-corrected chi connectivity index (χ4v) is 3.20. The van der Waals surface area contributed by atoms with Gasteiger partial charge in [-0.1, -0.05) is 0 Å². The van der Waals surface area contributed by atoms with Crippen LogP contribution in [0.2, 0.25) is 0 Å². The molecule has 0 saturated carbocycles. The summed E-state index contributed by atoms with van der Waals surface area (Å²) in [4.78, 5) is 41.5. The number of benzene rings is 2. The molecule has 11 heteroatoms. The molecule has 0 saturated heterocycles. The Morgan fingerprint density at radius 3 is 2.52 bits per heavy atom. The van der Waals surface area contributed by atoms with Crippen LogP contribution in [0.4, 0.5) is 14.5 Å². The number of rotatable bonds is 5. The van der Waals surface area contributed by atoms with Gasteiger partial charge in [0.15, 0.2) is 0 Å². The van der Waals surface area contributed by atoms with Gasteiger partial charge in [0.2, 0.25) is 0 Å². The minimum Gasteiger partial charge on any atom is -0.420 e. The highest BCUT2D eigenvalue weighted by Crippen LogP contribution is 2.26. The van der Waals surface area contributed by atoms with E-state index >= 15 is 0 Å². The summed E-state index contributed by atoms with van der Waals surface area (Å²) in [6.07, 6.45) is 2.73. The summed E-state index contributed by atoms with van der Waals surface area (Å²) in [5.74, 6) is -0.714. The van der Waals surface area contributed by atoms with Crippen LogP contribution in [-0.4, -0.2) is 25.6 Å². The molecule has 0 bridgehead atoms. The molecule has 4 rings (SSSR count). The first kappa shape index (κ1) is 22.2. The highest BCUT2D eigenvalue weighted by atomic mass is 35.5. The molecule has 1 N–H and O–H groups in total. The van der Waals surface area contributed by atoms with Gasteiger partial charge in [0.1, 0.15) is 5.75 Å². The summed E-state index contributed by atoms with van der Waals surface area (Å²) >= 11 is 4.72. The lowest BCUT2D eigenvalue weighted by Gasteiger charge is -2.12. The van der Waals surface area contributed by atoms with Crippen molar-refractivity contribution in [3.8, 4) is 11.4 Å². The van der Waals surface area contributed by atoms with Crippen molar-refractivity contribution in [2.24, 2.45) is 7.05 Å². The lowest BCUT2D eigenvalue weighted by molar-refractivity contribution is -0.0964. The topological polar surface area (TPSA) is 95.2 Å². The number of carbonyl (C=O) groups excluding carboxylic acids is 1. The van der Waals surface area contributed by atoms with E-state index in [0.29, 0.717) is 22.3 Å². The molecule has 2 aromatic heterocycles. The third-order valence-electron chi connectivity index (χ3n) is 4.70. The third-order valence-corrected chi connectivity index (χ3v) is 4.78. The van der Waals surface area contributed by atoms with Gasteiger partial charge in [-0.3, -0.25) is 19.0 Å². The molecule has 0 aliphatic carbocycles. The first-order valence-electron chi connectivity index (χ1n) is 9.46. The molecule has 0 aliphatic heterocycles. The maximum absolute atomic E-state index is 12.7. The molecule has 4 aromatic rings. The Labute approximate surface area is 189 Å². The number of hydrogen-bond acceptors (Lipinski definition) is 5. The Morgan fingerprint density at radius 1 is 1.09 bits per heavy atom. The van der Waals surface area contributed by atoms with Gasteiger partial charge in [-0.25, -0.2) is 4.98 Å². The molecule has 168 valence electrons. The number of aromatic nitrogens is 3. The second-order valence-electron chi connectivity index (χ2n) is 7.01. The van der Waals surface area contributed by atoms with Gasteiger partial charge in [0.25, 0.3) is 17.0 Å². The number of amides is 1. The van der Waals surface area contributed by atoms with Crippen molar-refractivity contribution in [3.05, 3.63) is 93.4 Å². The maximum atomic E-state index is 12.7. The van der Waals surface area contributed by atoms with Gasteiger partial charge >= 0.3 is 5.57 Å². The number of alkyl halides is 3. The molecule has 33 heavy (non-hydrogen) atoms. The van der Waals surface area contributed by atoms with E-state index in [0.717, 1.165) is 0 Å². The number of fused-ring (bicyclic) bond motifs is 1. The molecule has 8 nitrogen and oxygen atoms in total. The Kier molecular flexibility index (Phi) is 5.69. The Morgan fingerprint density at radius 2 is 1.82 bits per heavy atom. The summed E-state index contributed by atoms with van der Waals surface area (Å²) in [6.45, 7) is 0. The number of nitrogens with one attached hydrogen (secondary N) is 1. The molecule has 2 heterocycles. The maximum Gasteiger partial charge on any atom is 0.487 e. The van der Waals surface area contributed by atoms with E-state index in [1.165, 1.54) is 58.1 Å². The van der Waals surface area contributed by atoms with Crippen LogP contribution in [0.3, 0.4) is 0 Å². The van der Waals surface area contributed by atoms with E-state index in [2.05, 4.69) is 15.0 Å². The molecular formula is C22H15ClF2N4O4. The lowest BCUT2D eigenvalue weighted by Crippen LogP contribution is -2.21. The van der Waals surface area contributed by atoms with Gasteiger partial charge in [-0.2, -0.15) is 0 Å². The minimum absolute atomic E-state index is 0.166. The smallest absolute Gasteiger partial charge is 0.420 e. The normalized spacial score (nSPS) is 11.4. The van der Waals surface area contributed by atoms with Gasteiger partial charge < -0.3 is 14.6 Å². The van der Waals surface area contributed by atoms with Gasteiger partial charge in [0.05, 0.1) is 28.5 Å². The van der Waals surface area contributed by atoms with E-state index in [4.69, 9.17) is 11.6 Å². The van der Waals surface area contributed by atoms with Crippen molar-refractivity contribution < 1.29 is 18.3 Å². The number of nitrogens with zero attached hydrogens (tertiary/aromatic N) is 3. The van der Waals surface area contributed by atoms with Crippen LogP contribution in [-0.2, 0) is 7.05 Å². The number of ether oxygens (including phenoxy) is 1. The summed E-state index contributed by atoms with van der Waals surface area (Å²) < 4.78 is 32.2. The molecule has 2 aromatic carbocycles. The predicted octanol–water partition coefficient (Wildman–Crippen LogP) is 3.50. The zero-order valence-corrected chi connectivity index (χ0v) is 17.7. The zero-order chi connectivity index (χ0) is 23.8. The summed E-state index contributed by atoms with van der Waals surface area (Å²) in [5, 5.41) is 3.00. The van der Waals surface area contributed by atoms with Crippen molar-refractivity contribution >= 4 is 34.1 Å². The highest BCUT2D eigenvalue weighted by Gasteiger charge is 2.27. The van der Waals surface area contributed by atoms with Crippen LogP contribution in [0.5, 0.6) is 5.75 Å². The van der Waals surface area contributed by atoms with Crippen LogP contribution in [0, 0.1) is 0 Å². The largest absolute Gasteiger partial charge is 0.487 e. The molecular weight excluding hydrogens is 458 g/mol. The summed E-state index contributed by atoms with van der Waals surface area (Å²) in [7, 11) is 1.59.